The minimum atomic E-state index is -0.0413. The van der Waals surface area contributed by atoms with E-state index in [2.05, 4.69) is 6.58 Å². The standard InChI is InChI=1S/C14H18N2O2/c1-3-6-16-12-8-11(7-10(2)15)4-5-13(12)18-9-14(16)17/h3-5,8,10H,1,6-7,9,15H2,2H3. The molecule has 1 aromatic carbocycles. The van der Waals surface area contributed by atoms with Crippen LogP contribution in [0.5, 0.6) is 5.75 Å². The number of rotatable bonds is 4. The van der Waals surface area contributed by atoms with Gasteiger partial charge in [0.15, 0.2) is 6.61 Å². The van der Waals surface area contributed by atoms with Crippen LogP contribution in [0.4, 0.5) is 5.69 Å². The number of nitrogens with two attached hydrogens (primary N) is 1. The van der Waals surface area contributed by atoms with E-state index >= 15 is 0 Å². The van der Waals surface area contributed by atoms with Gasteiger partial charge in [0.05, 0.1) is 5.69 Å². The smallest absolute Gasteiger partial charge is 0.265 e. The van der Waals surface area contributed by atoms with Crippen molar-refractivity contribution in [1.82, 2.24) is 0 Å². The Bertz CT molecular complexity index is 469. The van der Waals surface area contributed by atoms with Gasteiger partial charge in [-0.25, -0.2) is 0 Å². The fraction of sp³-hybridized carbons (Fsp3) is 0.357. The second-order valence-corrected chi connectivity index (χ2v) is 4.57. The summed E-state index contributed by atoms with van der Waals surface area (Å²) in [4.78, 5) is 13.5. The molecule has 1 heterocycles. The van der Waals surface area contributed by atoms with Crippen molar-refractivity contribution in [3.05, 3.63) is 36.4 Å². The lowest BCUT2D eigenvalue weighted by atomic mass is 10.1. The van der Waals surface area contributed by atoms with Crippen molar-refractivity contribution in [1.29, 1.82) is 0 Å². The number of hydrogen-bond donors (Lipinski definition) is 1. The highest BCUT2D eigenvalue weighted by Gasteiger charge is 2.24. The van der Waals surface area contributed by atoms with Gasteiger partial charge in [-0.15, -0.1) is 6.58 Å². The molecule has 0 aliphatic carbocycles. The Balaban J connectivity index is 2.35. The molecular weight excluding hydrogens is 228 g/mol. The molecule has 0 fully saturated rings. The van der Waals surface area contributed by atoms with Crippen LogP contribution in [0.3, 0.4) is 0 Å². The lowest BCUT2D eigenvalue weighted by molar-refractivity contribution is -0.121. The zero-order valence-corrected chi connectivity index (χ0v) is 10.6. The molecule has 1 atom stereocenters. The maximum Gasteiger partial charge on any atom is 0.265 e. The molecule has 4 heteroatoms. The molecule has 18 heavy (non-hydrogen) atoms. The summed E-state index contributed by atoms with van der Waals surface area (Å²) >= 11 is 0. The van der Waals surface area contributed by atoms with Gasteiger partial charge in [-0.1, -0.05) is 12.1 Å². The Labute approximate surface area is 107 Å². The fourth-order valence-corrected chi connectivity index (χ4v) is 2.08. The van der Waals surface area contributed by atoms with Crippen molar-refractivity contribution < 1.29 is 9.53 Å². The lowest BCUT2D eigenvalue weighted by Gasteiger charge is -2.29. The summed E-state index contributed by atoms with van der Waals surface area (Å²) in [7, 11) is 0. The average molecular weight is 246 g/mol. The third-order valence-corrected chi connectivity index (χ3v) is 2.84. The molecule has 96 valence electrons. The predicted molar refractivity (Wildman–Crippen MR) is 71.8 cm³/mol. The fourth-order valence-electron chi connectivity index (χ4n) is 2.08. The summed E-state index contributed by atoms with van der Waals surface area (Å²) in [5, 5.41) is 0. The molecule has 0 aromatic heterocycles. The molecule has 2 N–H and O–H groups in total. The molecule has 2 rings (SSSR count). The van der Waals surface area contributed by atoms with Crippen molar-refractivity contribution in [2.75, 3.05) is 18.1 Å². The molecule has 4 nitrogen and oxygen atoms in total. The molecule has 0 saturated carbocycles. The molecule has 1 aromatic rings. The molecule has 1 unspecified atom stereocenters. The van der Waals surface area contributed by atoms with Gasteiger partial charge in [0.25, 0.3) is 5.91 Å². The maximum atomic E-state index is 11.8. The third kappa shape index (κ3) is 2.54. The van der Waals surface area contributed by atoms with Crippen LogP contribution in [0, 0.1) is 0 Å². The maximum absolute atomic E-state index is 11.8. The Morgan fingerprint density at radius 2 is 2.39 bits per heavy atom. The molecular formula is C14H18N2O2. The molecule has 0 spiro atoms. The number of amides is 1. The van der Waals surface area contributed by atoms with E-state index in [4.69, 9.17) is 10.5 Å². The van der Waals surface area contributed by atoms with Crippen molar-refractivity contribution >= 4 is 11.6 Å². The van der Waals surface area contributed by atoms with Crippen LogP contribution >= 0.6 is 0 Å². The molecule has 0 saturated heterocycles. The second-order valence-electron chi connectivity index (χ2n) is 4.57. The van der Waals surface area contributed by atoms with Crippen molar-refractivity contribution in [3.63, 3.8) is 0 Å². The highest BCUT2D eigenvalue weighted by atomic mass is 16.5. The number of anilines is 1. The van der Waals surface area contributed by atoms with Gasteiger partial charge >= 0.3 is 0 Å². The summed E-state index contributed by atoms with van der Waals surface area (Å²) in [6, 6.07) is 5.95. The number of ether oxygens (including phenoxy) is 1. The zero-order chi connectivity index (χ0) is 13.1. The summed E-state index contributed by atoms with van der Waals surface area (Å²) < 4.78 is 5.42. The van der Waals surface area contributed by atoms with Gasteiger partial charge < -0.3 is 15.4 Å². The van der Waals surface area contributed by atoms with Crippen LogP contribution in [-0.4, -0.2) is 25.1 Å². The van der Waals surface area contributed by atoms with Crippen LogP contribution < -0.4 is 15.4 Å². The minimum absolute atomic E-state index is 0.0413. The van der Waals surface area contributed by atoms with Gasteiger partial charge in [0.1, 0.15) is 5.75 Å². The van der Waals surface area contributed by atoms with Crippen molar-refractivity contribution in [3.8, 4) is 5.75 Å². The van der Waals surface area contributed by atoms with E-state index in [0.717, 1.165) is 23.4 Å². The summed E-state index contributed by atoms with van der Waals surface area (Å²) in [5.41, 5.74) is 7.71. The SMILES string of the molecule is C=CCN1C(=O)COc2ccc(CC(C)N)cc21. The van der Waals surface area contributed by atoms with Crippen molar-refractivity contribution in [2.45, 2.75) is 19.4 Å². The number of nitrogens with zero attached hydrogens (tertiary/aromatic N) is 1. The summed E-state index contributed by atoms with van der Waals surface area (Å²) in [6.07, 6.45) is 2.49. The van der Waals surface area contributed by atoms with E-state index in [1.54, 1.807) is 11.0 Å². The van der Waals surface area contributed by atoms with E-state index < -0.39 is 0 Å². The monoisotopic (exact) mass is 246 g/mol. The van der Waals surface area contributed by atoms with E-state index in [-0.39, 0.29) is 18.6 Å². The van der Waals surface area contributed by atoms with Crippen LogP contribution in [0.15, 0.2) is 30.9 Å². The zero-order valence-electron chi connectivity index (χ0n) is 10.6. The Morgan fingerprint density at radius 3 is 3.06 bits per heavy atom. The first-order valence-corrected chi connectivity index (χ1v) is 6.04. The molecule has 1 aliphatic rings. The van der Waals surface area contributed by atoms with Crippen molar-refractivity contribution in [2.24, 2.45) is 5.73 Å². The van der Waals surface area contributed by atoms with Gasteiger partial charge in [-0.2, -0.15) is 0 Å². The molecule has 0 radical (unpaired) electrons. The number of carbonyl (C=O) groups is 1. The highest BCUT2D eigenvalue weighted by Crippen LogP contribution is 2.33. The van der Waals surface area contributed by atoms with Crippen LogP contribution in [-0.2, 0) is 11.2 Å². The molecule has 0 bridgehead atoms. The Hall–Kier alpha value is -1.81. The minimum Gasteiger partial charge on any atom is -0.482 e. The van der Waals surface area contributed by atoms with Gasteiger partial charge in [-0.05, 0) is 31.0 Å². The number of carbonyl (C=O) groups excluding carboxylic acids is 1. The average Bonchev–Trinajstić information content (AvgIpc) is 2.32. The third-order valence-electron chi connectivity index (χ3n) is 2.84. The normalized spacial score (nSPS) is 15.9. The second kappa shape index (κ2) is 5.23. The van der Waals surface area contributed by atoms with E-state index in [1.807, 2.05) is 25.1 Å². The van der Waals surface area contributed by atoms with Crippen LogP contribution in [0.2, 0.25) is 0 Å². The molecule has 1 aliphatic heterocycles. The first-order valence-electron chi connectivity index (χ1n) is 6.04. The Morgan fingerprint density at radius 1 is 1.61 bits per heavy atom. The quantitative estimate of drug-likeness (QED) is 0.819. The van der Waals surface area contributed by atoms with E-state index in [9.17, 15) is 4.79 Å². The topological polar surface area (TPSA) is 55.6 Å². The van der Waals surface area contributed by atoms with Crippen LogP contribution in [0.25, 0.3) is 0 Å². The van der Waals surface area contributed by atoms with E-state index in [0.29, 0.717) is 6.54 Å². The largest absolute Gasteiger partial charge is 0.482 e. The molecule has 1 amide bonds. The summed E-state index contributed by atoms with van der Waals surface area (Å²) in [6.45, 7) is 6.23. The Kier molecular flexibility index (Phi) is 3.67. The van der Waals surface area contributed by atoms with E-state index in [1.165, 1.54) is 0 Å². The number of hydrogen-bond acceptors (Lipinski definition) is 3. The van der Waals surface area contributed by atoms with Gasteiger partial charge in [0.2, 0.25) is 0 Å². The number of benzene rings is 1. The predicted octanol–water partition coefficient (Wildman–Crippen LogP) is 1.49. The highest BCUT2D eigenvalue weighted by molar-refractivity contribution is 5.98. The number of fused-ring (bicyclic) bond motifs is 1. The summed E-state index contributed by atoms with van der Waals surface area (Å²) in [5.74, 6) is 0.699. The van der Waals surface area contributed by atoms with Gasteiger partial charge in [-0.3, -0.25) is 4.79 Å². The first-order chi connectivity index (χ1) is 8.61. The van der Waals surface area contributed by atoms with Gasteiger partial charge in [0, 0.05) is 12.6 Å². The van der Waals surface area contributed by atoms with Crippen LogP contribution in [0.1, 0.15) is 12.5 Å². The lowest BCUT2D eigenvalue weighted by Crippen LogP contribution is -2.38. The first kappa shape index (κ1) is 12.6.